The van der Waals surface area contributed by atoms with Crippen LogP contribution < -0.4 is 0 Å². The molecule has 0 fully saturated rings. The smallest absolute Gasteiger partial charge is 0.152 e. The number of carbonyl (C=O) groups is 1. The van der Waals surface area contributed by atoms with Crippen molar-refractivity contribution >= 4 is 11.4 Å². The van der Waals surface area contributed by atoms with Gasteiger partial charge in [-0.25, -0.2) is 0 Å². The highest BCUT2D eigenvalue weighted by molar-refractivity contribution is 5.95. The second kappa shape index (κ2) is 5.38. The molecule has 0 aromatic heterocycles. The van der Waals surface area contributed by atoms with Crippen LogP contribution in [0, 0.1) is 0 Å². The standard InChI is InChI=1S/C13H16O/c1-3-7-13(10-11(2)14)12-8-5-4-6-9-12/h4-6,8-10H,3,7H2,1-2H3/b13-10-. The summed E-state index contributed by atoms with van der Waals surface area (Å²) in [7, 11) is 0. The predicted molar refractivity (Wildman–Crippen MR) is 60.0 cm³/mol. The van der Waals surface area contributed by atoms with E-state index < -0.39 is 0 Å². The molecule has 0 spiro atoms. The van der Waals surface area contributed by atoms with Gasteiger partial charge in [0.1, 0.15) is 0 Å². The number of benzene rings is 1. The van der Waals surface area contributed by atoms with Gasteiger partial charge >= 0.3 is 0 Å². The molecule has 0 heterocycles. The minimum absolute atomic E-state index is 0.123. The third kappa shape index (κ3) is 3.17. The molecule has 14 heavy (non-hydrogen) atoms. The van der Waals surface area contributed by atoms with Gasteiger partial charge in [-0.2, -0.15) is 0 Å². The molecule has 1 aromatic carbocycles. The molecule has 1 aromatic rings. The monoisotopic (exact) mass is 188 g/mol. The van der Waals surface area contributed by atoms with Crippen molar-refractivity contribution in [3.63, 3.8) is 0 Å². The lowest BCUT2D eigenvalue weighted by Gasteiger charge is -2.04. The fourth-order valence-corrected chi connectivity index (χ4v) is 1.47. The molecule has 0 aliphatic rings. The minimum Gasteiger partial charge on any atom is -0.295 e. The summed E-state index contributed by atoms with van der Waals surface area (Å²) >= 11 is 0. The molecule has 0 N–H and O–H groups in total. The maximum absolute atomic E-state index is 11.0. The molecule has 0 atom stereocenters. The zero-order chi connectivity index (χ0) is 10.4. The van der Waals surface area contributed by atoms with Crippen molar-refractivity contribution in [3.05, 3.63) is 42.0 Å². The van der Waals surface area contributed by atoms with E-state index >= 15 is 0 Å². The molecule has 0 aliphatic carbocycles. The molecule has 0 radical (unpaired) electrons. The van der Waals surface area contributed by atoms with Crippen LogP contribution in [0.15, 0.2) is 36.4 Å². The van der Waals surface area contributed by atoms with Crippen LogP contribution in [0.1, 0.15) is 32.3 Å². The molecule has 0 saturated carbocycles. The topological polar surface area (TPSA) is 17.1 Å². The first-order valence-corrected chi connectivity index (χ1v) is 5.00. The number of hydrogen-bond donors (Lipinski definition) is 0. The largest absolute Gasteiger partial charge is 0.295 e. The van der Waals surface area contributed by atoms with Crippen molar-refractivity contribution in [2.45, 2.75) is 26.7 Å². The van der Waals surface area contributed by atoms with Crippen molar-refractivity contribution in [1.82, 2.24) is 0 Å². The highest BCUT2D eigenvalue weighted by atomic mass is 16.1. The van der Waals surface area contributed by atoms with E-state index in [4.69, 9.17) is 0 Å². The van der Waals surface area contributed by atoms with Crippen LogP contribution in [0.3, 0.4) is 0 Å². The van der Waals surface area contributed by atoms with Gasteiger partial charge in [-0.3, -0.25) is 4.79 Å². The van der Waals surface area contributed by atoms with E-state index in [0.717, 1.165) is 24.0 Å². The van der Waals surface area contributed by atoms with Gasteiger partial charge in [0.15, 0.2) is 5.78 Å². The first-order chi connectivity index (χ1) is 6.74. The molecular formula is C13H16O. The molecule has 0 saturated heterocycles. The Balaban J connectivity index is 2.94. The third-order valence-electron chi connectivity index (χ3n) is 2.04. The Morgan fingerprint density at radius 3 is 2.43 bits per heavy atom. The van der Waals surface area contributed by atoms with Gasteiger partial charge in [0.2, 0.25) is 0 Å². The van der Waals surface area contributed by atoms with E-state index in [-0.39, 0.29) is 5.78 Å². The molecule has 0 bridgehead atoms. The van der Waals surface area contributed by atoms with E-state index in [1.807, 2.05) is 30.3 Å². The van der Waals surface area contributed by atoms with E-state index in [0.29, 0.717) is 0 Å². The molecular weight excluding hydrogens is 172 g/mol. The zero-order valence-electron chi connectivity index (χ0n) is 8.79. The molecule has 1 heteroatoms. The van der Waals surface area contributed by atoms with E-state index in [9.17, 15) is 4.79 Å². The average molecular weight is 188 g/mol. The van der Waals surface area contributed by atoms with Crippen LogP contribution in [-0.2, 0) is 4.79 Å². The highest BCUT2D eigenvalue weighted by Crippen LogP contribution is 2.19. The SMILES string of the molecule is CCC/C(=C/C(C)=O)c1ccccc1. The van der Waals surface area contributed by atoms with Crippen molar-refractivity contribution in [2.75, 3.05) is 0 Å². The summed E-state index contributed by atoms with van der Waals surface area (Å²) in [5.74, 6) is 0.123. The summed E-state index contributed by atoms with van der Waals surface area (Å²) in [6.07, 6.45) is 3.76. The maximum Gasteiger partial charge on any atom is 0.152 e. The lowest BCUT2D eigenvalue weighted by molar-refractivity contribution is -0.112. The fraction of sp³-hybridized carbons (Fsp3) is 0.308. The van der Waals surface area contributed by atoms with Crippen LogP contribution >= 0.6 is 0 Å². The van der Waals surface area contributed by atoms with E-state index in [2.05, 4.69) is 6.92 Å². The van der Waals surface area contributed by atoms with E-state index in [1.54, 1.807) is 13.0 Å². The lowest BCUT2D eigenvalue weighted by Crippen LogP contribution is -1.89. The molecule has 1 nitrogen and oxygen atoms in total. The Morgan fingerprint density at radius 2 is 1.93 bits per heavy atom. The summed E-state index contributed by atoms with van der Waals surface area (Å²) in [5, 5.41) is 0. The maximum atomic E-state index is 11.0. The second-order valence-electron chi connectivity index (χ2n) is 3.40. The van der Waals surface area contributed by atoms with Crippen LogP contribution in [-0.4, -0.2) is 5.78 Å². The van der Waals surface area contributed by atoms with Crippen molar-refractivity contribution < 1.29 is 4.79 Å². The predicted octanol–water partition coefficient (Wildman–Crippen LogP) is 3.46. The Morgan fingerprint density at radius 1 is 1.29 bits per heavy atom. The normalized spacial score (nSPS) is 11.4. The first kappa shape index (κ1) is 10.7. The van der Waals surface area contributed by atoms with Gasteiger partial charge in [0.05, 0.1) is 0 Å². The van der Waals surface area contributed by atoms with Gasteiger partial charge in [-0.15, -0.1) is 0 Å². The summed E-state index contributed by atoms with van der Waals surface area (Å²) in [6, 6.07) is 10.1. The summed E-state index contributed by atoms with van der Waals surface area (Å²) < 4.78 is 0. The third-order valence-corrected chi connectivity index (χ3v) is 2.04. The van der Waals surface area contributed by atoms with Crippen LogP contribution in [0.2, 0.25) is 0 Å². The van der Waals surface area contributed by atoms with Crippen LogP contribution in [0.25, 0.3) is 5.57 Å². The number of rotatable bonds is 4. The minimum atomic E-state index is 0.123. The Labute approximate surface area is 85.5 Å². The highest BCUT2D eigenvalue weighted by Gasteiger charge is 2.00. The average Bonchev–Trinajstić information content (AvgIpc) is 2.18. The lowest BCUT2D eigenvalue weighted by atomic mass is 10.0. The number of ketones is 1. The summed E-state index contributed by atoms with van der Waals surface area (Å²) in [6.45, 7) is 3.72. The molecule has 74 valence electrons. The Bertz CT molecular complexity index is 322. The van der Waals surface area contributed by atoms with Gasteiger partial charge < -0.3 is 0 Å². The van der Waals surface area contributed by atoms with Crippen LogP contribution in [0.5, 0.6) is 0 Å². The zero-order valence-corrected chi connectivity index (χ0v) is 8.79. The van der Waals surface area contributed by atoms with E-state index in [1.165, 1.54) is 0 Å². The van der Waals surface area contributed by atoms with Crippen molar-refractivity contribution in [3.8, 4) is 0 Å². The first-order valence-electron chi connectivity index (χ1n) is 5.00. The quantitative estimate of drug-likeness (QED) is 0.661. The second-order valence-corrected chi connectivity index (χ2v) is 3.40. The van der Waals surface area contributed by atoms with Gasteiger partial charge in [-0.1, -0.05) is 43.7 Å². The summed E-state index contributed by atoms with van der Waals surface area (Å²) in [5.41, 5.74) is 2.30. The van der Waals surface area contributed by atoms with Crippen LogP contribution in [0.4, 0.5) is 0 Å². The number of hydrogen-bond acceptors (Lipinski definition) is 1. The Kier molecular flexibility index (Phi) is 4.11. The fourth-order valence-electron chi connectivity index (χ4n) is 1.47. The number of carbonyl (C=O) groups excluding carboxylic acids is 1. The van der Waals surface area contributed by atoms with Crippen molar-refractivity contribution in [1.29, 1.82) is 0 Å². The van der Waals surface area contributed by atoms with Gasteiger partial charge in [-0.05, 0) is 30.6 Å². The van der Waals surface area contributed by atoms with Crippen molar-refractivity contribution in [2.24, 2.45) is 0 Å². The molecule has 0 amide bonds. The molecule has 0 unspecified atom stereocenters. The number of allylic oxidation sites excluding steroid dienone is 2. The Hall–Kier alpha value is -1.37. The molecule has 0 aliphatic heterocycles. The summed E-state index contributed by atoms with van der Waals surface area (Å²) in [4.78, 5) is 11.0. The van der Waals surface area contributed by atoms with Gasteiger partial charge in [0, 0.05) is 0 Å². The molecule has 1 rings (SSSR count). The van der Waals surface area contributed by atoms with Gasteiger partial charge in [0.25, 0.3) is 0 Å².